The molecule has 3 aromatic rings. The zero-order valence-electron chi connectivity index (χ0n) is 16.9. The molecule has 1 saturated heterocycles. The van der Waals surface area contributed by atoms with Crippen LogP contribution in [0.4, 0.5) is 4.79 Å². The highest BCUT2D eigenvalue weighted by Gasteiger charge is 2.35. The summed E-state index contributed by atoms with van der Waals surface area (Å²) in [6.45, 7) is 0.509. The van der Waals surface area contributed by atoms with Gasteiger partial charge in [-0.2, -0.15) is 0 Å². The Balaban J connectivity index is 1.31. The lowest BCUT2D eigenvalue weighted by Gasteiger charge is -2.37. The van der Waals surface area contributed by atoms with Gasteiger partial charge in [-0.15, -0.1) is 11.3 Å². The third-order valence-electron chi connectivity index (χ3n) is 6.04. The molecule has 0 saturated carbocycles. The maximum atomic E-state index is 11.8. The van der Waals surface area contributed by atoms with Crippen molar-refractivity contribution in [1.82, 2.24) is 9.88 Å². The number of likely N-dealkylation sites (tertiary alicyclic amines) is 1. The van der Waals surface area contributed by atoms with Crippen LogP contribution < -0.4 is 0 Å². The Morgan fingerprint density at radius 3 is 2.48 bits per heavy atom. The van der Waals surface area contributed by atoms with Gasteiger partial charge in [0, 0.05) is 24.3 Å². The highest BCUT2D eigenvalue weighted by atomic mass is 32.1. The average Bonchev–Trinajstić information content (AvgIpc) is 3.50. The fourth-order valence-corrected chi connectivity index (χ4v) is 5.37. The molecule has 158 valence electrons. The van der Waals surface area contributed by atoms with Crippen LogP contribution >= 0.6 is 11.3 Å². The third-order valence-corrected chi connectivity index (χ3v) is 7.05. The SMILES string of the molecule is O=C(O)N1CCC(c2nc(C3=NOC(c4ccccc4)C3)cs2)CC1c1ccccc1. The van der Waals surface area contributed by atoms with E-state index in [2.05, 4.69) is 17.3 Å². The maximum absolute atomic E-state index is 11.8. The number of benzene rings is 2. The number of piperidine rings is 1. The summed E-state index contributed by atoms with van der Waals surface area (Å²) in [7, 11) is 0. The Morgan fingerprint density at radius 1 is 1.06 bits per heavy atom. The molecule has 1 amide bonds. The monoisotopic (exact) mass is 433 g/mol. The number of carbonyl (C=O) groups is 1. The van der Waals surface area contributed by atoms with Crippen LogP contribution in [0.3, 0.4) is 0 Å². The van der Waals surface area contributed by atoms with Crippen LogP contribution in [0, 0.1) is 0 Å². The first kappa shape index (κ1) is 19.8. The van der Waals surface area contributed by atoms with Gasteiger partial charge in [0.15, 0.2) is 6.10 Å². The molecule has 2 aromatic carbocycles. The molecule has 7 heteroatoms. The van der Waals surface area contributed by atoms with Gasteiger partial charge in [-0.1, -0.05) is 65.8 Å². The lowest BCUT2D eigenvalue weighted by Crippen LogP contribution is -2.39. The minimum Gasteiger partial charge on any atom is -0.465 e. The van der Waals surface area contributed by atoms with Crippen molar-refractivity contribution < 1.29 is 14.7 Å². The van der Waals surface area contributed by atoms with Crippen molar-refractivity contribution in [3.8, 4) is 0 Å². The van der Waals surface area contributed by atoms with Crippen LogP contribution in [0.15, 0.2) is 71.2 Å². The zero-order chi connectivity index (χ0) is 21.2. The van der Waals surface area contributed by atoms with Crippen LogP contribution in [0.1, 0.15) is 59.2 Å². The first-order valence-corrected chi connectivity index (χ1v) is 11.3. The number of hydrogen-bond acceptors (Lipinski definition) is 5. The second-order valence-electron chi connectivity index (χ2n) is 7.94. The van der Waals surface area contributed by atoms with Gasteiger partial charge in [0.2, 0.25) is 0 Å². The van der Waals surface area contributed by atoms with E-state index >= 15 is 0 Å². The third kappa shape index (κ3) is 4.05. The van der Waals surface area contributed by atoms with E-state index in [1.807, 2.05) is 53.9 Å². The maximum Gasteiger partial charge on any atom is 0.407 e. The molecular weight excluding hydrogens is 410 g/mol. The molecule has 2 aliphatic rings. The topological polar surface area (TPSA) is 75.0 Å². The smallest absolute Gasteiger partial charge is 0.407 e. The zero-order valence-corrected chi connectivity index (χ0v) is 17.7. The lowest BCUT2D eigenvalue weighted by molar-refractivity contribution is 0.0857. The summed E-state index contributed by atoms with van der Waals surface area (Å²) in [6.07, 6.45) is 1.29. The number of oxime groups is 1. The minimum atomic E-state index is -0.864. The summed E-state index contributed by atoms with van der Waals surface area (Å²) in [5.74, 6) is 0.229. The van der Waals surface area contributed by atoms with Crippen LogP contribution in [-0.4, -0.2) is 33.3 Å². The average molecular weight is 434 g/mol. The van der Waals surface area contributed by atoms with Crippen molar-refractivity contribution in [3.63, 3.8) is 0 Å². The molecule has 3 unspecified atom stereocenters. The van der Waals surface area contributed by atoms with E-state index in [1.54, 1.807) is 16.2 Å². The predicted octanol–water partition coefficient (Wildman–Crippen LogP) is 5.61. The number of rotatable bonds is 4. The fourth-order valence-electron chi connectivity index (χ4n) is 4.39. The normalized spacial score (nSPS) is 23.3. The Morgan fingerprint density at radius 2 is 1.77 bits per heavy atom. The predicted molar refractivity (Wildman–Crippen MR) is 119 cm³/mol. The van der Waals surface area contributed by atoms with E-state index in [1.165, 1.54) is 0 Å². The van der Waals surface area contributed by atoms with Gasteiger partial charge in [-0.25, -0.2) is 9.78 Å². The summed E-state index contributed by atoms with van der Waals surface area (Å²) in [5, 5.41) is 17.1. The Hall–Kier alpha value is -3.19. The van der Waals surface area contributed by atoms with Crippen molar-refractivity contribution in [2.24, 2.45) is 5.16 Å². The summed E-state index contributed by atoms with van der Waals surface area (Å²) in [5.41, 5.74) is 3.89. The molecule has 31 heavy (non-hydrogen) atoms. The van der Waals surface area contributed by atoms with Crippen molar-refractivity contribution in [2.75, 3.05) is 6.54 Å². The molecule has 1 fully saturated rings. The second kappa shape index (κ2) is 8.51. The van der Waals surface area contributed by atoms with Gasteiger partial charge in [-0.3, -0.25) is 0 Å². The fraction of sp³-hybridized carbons (Fsp3) is 0.292. The van der Waals surface area contributed by atoms with Gasteiger partial charge >= 0.3 is 6.09 Å². The Labute approximate surface area is 184 Å². The molecule has 0 aliphatic carbocycles. The van der Waals surface area contributed by atoms with E-state index in [-0.39, 0.29) is 18.1 Å². The van der Waals surface area contributed by atoms with Gasteiger partial charge < -0.3 is 14.8 Å². The quantitative estimate of drug-likeness (QED) is 0.580. The van der Waals surface area contributed by atoms with E-state index in [0.717, 1.165) is 40.4 Å². The highest BCUT2D eigenvalue weighted by molar-refractivity contribution is 7.10. The van der Waals surface area contributed by atoms with Gasteiger partial charge in [0.25, 0.3) is 0 Å². The van der Waals surface area contributed by atoms with E-state index in [9.17, 15) is 9.90 Å². The standard InChI is InChI=1S/C24H23N3O3S/c28-24(29)27-12-11-18(13-21(27)16-7-3-1-4-8-16)23-25-20(15-31-23)19-14-22(30-26-19)17-9-5-2-6-10-17/h1-10,15,18,21-22H,11-14H2,(H,28,29). The van der Waals surface area contributed by atoms with Gasteiger partial charge in [-0.05, 0) is 24.0 Å². The molecule has 0 spiro atoms. The van der Waals surface area contributed by atoms with Crippen molar-refractivity contribution in [2.45, 2.75) is 37.3 Å². The van der Waals surface area contributed by atoms with Crippen LogP contribution in [-0.2, 0) is 4.84 Å². The molecule has 3 atom stereocenters. The lowest BCUT2D eigenvalue weighted by atomic mass is 9.87. The van der Waals surface area contributed by atoms with E-state index in [0.29, 0.717) is 13.0 Å². The number of hydrogen-bond donors (Lipinski definition) is 1. The molecule has 6 nitrogen and oxygen atoms in total. The van der Waals surface area contributed by atoms with E-state index in [4.69, 9.17) is 9.82 Å². The molecule has 2 aliphatic heterocycles. The molecule has 3 heterocycles. The number of carboxylic acid groups (broad SMARTS) is 1. The largest absolute Gasteiger partial charge is 0.465 e. The molecule has 5 rings (SSSR count). The number of thiazole rings is 1. The van der Waals surface area contributed by atoms with Crippen LogP contribution in [0.25, 0.3) is 0 Å². The van der Waals surface area contributed by atoms with Crippen molar-refractivity contribution >= 4 is 23.1 Å². The molecule has 1 aromatic heterocycles. The minimum absolute atomic E-state index is 0.0670. The Bertz CT molecular complexity index is 1080. The first-order valence-electron chi connectivity index (χ1n) is 10.5. The van der Waals surface area contributed by atoms with Crippen molar-refractivity contribution in [1.29, 1.82) is 0 Å². The molecule has 1 N–H and O–H groups in total. The highest BCUT2D eigenvalue weighted by Crippen LogP contribution is 2.40. The van der Waals surface area contributed by atoms with Gasteiger partial charge in [0.1, 0.15) is 5.71 Å². The number of amides is 1. The molecular formula is C24H23N3O3S. The summed E-state index contributed by atoms with van der Waals surface area (Å²) in [6, 6.07) is 19.8. The van der Waals surface area contributed by atoms with Gasteiger partial charge in [0.05, 0.1) is 16.7 Å². The first-order chi connectivity index (χ1) is 15.2. The van der Waals surface area contributed by atoms with Crippen LogP contribution in [0.5, 0.6) is 0 Å². The second-order valence-corrected chi connectivity index (χ2v) is 8.83. The van der Waals surface area contributed by atoms with Crippen LogP contribution in [0.2, 0.25) is 0 Å². The number of nitrogens with zero attached hydrogens (tertiary/aromatic N) is 3. The summed E-state index contributed by atoms with van der Waals surface area (Å²) in [4.78, 5) is 23.9. The number of aromatic nitrogens is 1. The molecule has 0 bridgehead atoms. The Kier molecular flexibility index (Phi) is 5.42. The summed E-state index contributed by atoms with van der Waals surface area (Å²) >= 11 is 1.63. The summed E-state index contributed by atoms with van der Waals surface area (Å²) < 4.78 is 0. The molecule has 0 radical (unpaired) electrons. The van der Waals surface area contributed by atoms with Crippen molar-refractivity contribution in [3.05, 3.63) is 87.9 Å². The van der Waals surface area contributed by atoms with E-state index < -0.39 is 6.09 Å².